The van der Waals surface area contributed by atoms with Crippen LogP contribution >= 0.6 is 23.2 Å². The van der Waals surface area contributed by atoms with E-state index in [1.54, 1.807) is 30.5 Å². The zero-order valence-corrected chi connectivity index (χ0v) is 16.5. The van der Waals surface area contributed by atoms with Gasteiger partial charge in [-0.3, -0.25) is 9.48 Å². The van der Waals surface area contributed by atoms with Crippen LogP contribution in [0.4, 0.5) is 0 Å². The predicted octanol–water partition coefficient (Wildman–Crippen LogP) is 4.78. The molecule has 1 amide bonds. The van der Waals surface area contributed by atoms with Crippen LogP contribution in [-0.4, -0.2) is 15.7 Å². The molecule has 0 bridgehead atoms. The Bertz CT molecular complexity index is 955. The number of hydrogen-bond acceptors (Lipinski definition) is 3. The smallest absolute Gasteiger partial charge is 0.244 e. The molecule has 1 aromatic carbocycles. The summed E-state index contributed by atoms with van der Waals surface area (Å²) >= 11 is 12.5. The SMILES string of the molecule is Cc1nn(Cc2c(Cl)cccc2Cl)c(C)c1/C=C/C(=O)NCc1ccco1. The Labute approximate surface area is 167 Å². The molecule has 140 valence electrons. The van der Waals surface area contributed by atoms with Gasteiger partial charge in [0.15, 0.2) is 0 Å². The highest BCUT2D eigenvalue weighted by Crippen LogP contribution is 2.26. The standard InChI is InChI=1S/C20H19Cl2N3O2/c1-13-16(8-9-20(26)23-11-15-5-4-10-27-15)14(2)25(24-13)12-17-18(21)6-3-7-19(17)22/h3-10H,11-12H2,1-2H3,(H,23,26)/b9-8+. The predicted molar refractivity (Wildman–Crippen MR) is 107 cm³/mol. The molecule has 2 aromatic heterocycles. The van der Waals surface area contributed by atoms with E-state index < -0.39 is 0 Å². The molecule has 0 spiro atoms. The molecule has 1 N–H and O–H groups in total. The molecule has 0 saturated carbocycles. The molecule has 0 radical (unpaired) electrons. The van der Waals surface area contributed by atoms with E-state index in [2.05, 4.69) is 10.4 Å². The van der Waals surface area contributed by atoms with Gasteiger partial charge in [-0.1, -0.05) is 29.3 Å². The van der Waals surface area contributed by atoms with Crippen LogP contribution in [0.2, 0.25) is 10.0 Å². The summed E-state index contributed by atoms with van der Waals surface area (Å²) in [5, 5.41) is 8.53. The van der Waals surface area contributed by atoms with Gasteiger partial charge in [0.05, 0.1) is 25.0 Å². The van der Waals surface area contributed by atoms with Crippen LogP contribution in [-0.2, 0) is 17.9 Å². The van der Waals surface area contributed by atoms with Crippen molar-refractivity contribution in [1.82, 2.24) is 15.1 Å². The summed E-state index contributed by atoms with van der Waals surface area (Å²) in [5.74, 6) is 0.501. The highest BCUT2D eigenvalue weighted by molar-refractivity contribution is 6.35. The molecule has 3 rings (SSSR count). The van der Waals surface area contributed by atoms with Crippen molar-refractivity contribution in [2.24, 2.45) is 0 Å². The van der Waals surface area contributed by atoms with E-state index in [0.717, 1.165) is 22.5 Å². The van der Waals surface area contributed by atoms with Gasteiger partial charge in [-0.25, -0.2) is 0 Å². The fraction of sp³-hybridized carbons (Fsp3) is 0.200. The summed E-state index contributed by atoms with van der Waals surface area (Å²) in [7, 11) is 0. The van der Waals surface area contributed by atoms with E-state index in [-0.39, 0.29) is 5.91 Å². The Balaban J connectivity index is 1.72. The normalized spacial score (nSPS) is 11.3. The molecular formula is C20H19Cl2N3O2. The molecule has 3 aromatic rings. The number of benzene rings is 1. The fourth-order valence-electron chi connectivity index (χ4n) is 2.74. The summed E-state index contributed by atoms with van der Waals surface area (Å²) < 4.78 is 7.03. The van der Waals surface area contributed by atoms with E-state index in [1.807, 2.05) is 30.7 Å². The van der Waals surface area contributed by atoms with Crippen LogP contribution in [0.1, 0.15) is 28.3 Å². The zero-order valence-electron chi connectivity index (χ0n) is 15.0. The zero-order chi connectivity index (χ0) is 19.4. The van der Waals surface area contributed by atoms with Crippen molar-refractivity contribution < 1.29 is 9.21 Å². The number of aryl methyl sites for hydroxylation is 1. The monoisotopic (exact) mass is 403 g/mol. The second kappa shape index (κ2) is 8.46. The average molecular weight is 404 g/mol. The lowest BCUT2D eigenvalue weighted by Crippen LogP contribution is -2.19. The third-order valence-electron chi connectivity index (χ3n) is 4.23. The quantitative estimate of drug-likeness (QED) is 0.602. The van der Waals surface area contributed by atoms with Crippen molar-refractivity contribution in [3.05, 3.63) is 81.0 Å². The summed E-state index contributed by atoms with van der Waals surface area (Å²) in [6.07, 6.45) is 4.83. The number of furan rings is 1. The number of hydrogen-bond donors (Lipinski definition) is 1. The Hall–Kier alpha value is -2.50. The highest BCUT2D eigenvalue weighted by atomic mass is 35.5. The number of rotatable bonds is 6. The van der Waals surface area contributed by atoms with E-state index in [4.69, 9.17) is 27.6 Å². The van der Waals surface area contributed by atoms with Gasteiger partial charge in [-0.05, 0) is 44.2 Å². The fourth-order valence-corrected chi connectivity index (χ4v) is 3.26. The number of amides is 1. The molecule has 0 unspecified atom stereocenters. The minimum absolute atomic E-state index is 0.202. The Morgan fingerprint density at radius 1 is 1.22 bits per heavy atom. The topological polar surface area (TPSA) is 60.1 Å². The molecule has 2 heterocycles. The molecular weight excluding hydrogens is 385 g/mol. The van der Waals surface area contributed by atoms with Gasteiger partial charge in [0.1, 0.15) is 5.76 Å². The van der Waals surface area contributed by atoms with Gasteiger partial charge in [-0.2, -0.15) is 5.10 Å². The number of nitrogens with one attached hydrogen (secondary N) is 1. The first-order valence-corrected chi connectivity index (χ1v) is 9.16. The van der Waals surface area contributed by atoms with Crippen molar-refractivity contribution in [3.8, 4) is 0 Å². The molecule has 0 saturated heterocycles. The van der Waals surface area contributed by atoms with Gasteiger partial charge in [-0.15, -0.1) is 0 Å². The maximum atomic E-state index is 12.0. The Kier molecular flexibility index (Phi) is 6.04. The molecule has 27 heavy (non-hydrogen) atoms. The van der Waals surface area contributed by atoms with Crippen LogP contribution in [0.3, 0.4) is 0 Å². The van der Waals surface area contributed by atoms with Gasteiger partial charge in [0, 0.05) is 32.9 Å². The molecule has 0 aliphatic rings. The Morgan fingerprint density at radius 2 is 1.96 bits per heavy atom. The van der Waals surface area contributed by atoms with Gasteiger partial charge in [0.25, 0.3) is 0 Å². The van der Waals surface area contributed by atoms with Crippen molar-refractivity contribution in [2.75, 3.05) is 0 Å². The van der Waals surface area contributed by atoms with Crippen LogP contribution in [0.15, 0.2) is 47.1 Å². The van der Waals surface area contributed by atoms with E-state index in [9.17, 15) is 4.79 Å². The second-order valence-electron chi connectivity index (χ2n) is 6.07. The molecule has 0 aliphatic carbocycles. The number of aromatic nitrogens is 2. The number of halogens is 2. The van der Waals surface area contributed by atoms with Crippen LogP contribution in [0.25, 0.3) is 6.08 Å². The van der Waals surface area contributed by atoms with Crippen molar-refractivity contribution >= 4 is 35.2 Å². The van der Waals surface area contributed by atoms with Gasteiger partial charge < -0.3 is 9.73 Å². The lowest BCUT2D eigenvalue weighted by atomic mass is 10.1. The largest absolute Gasteiger partial charge is 0.467 e. The summed E-state index contributed by atoms with van der Waals surface area (Å²) in [6, 6.07) is 9.01. The maximum absolute atomic E-state index is 12.0. The maximum Gasteiger partial charge on any atom is 0.244 e. The second-order valence-corrected chi connectivity index (χ2v) is 6.89. The first-order chi connectivity index (χ1) is 13.0. The van der Waals surface area contributed by atoms with E-state index >= 15 is 0 Å². The molecule has 0 aliphatic heterocycles. The van der Waals surface area contributed by atoms with E-state index in [0.29, 0.717) is 28.9 Å². The molecule has 5 nitrogen and oxygen atoms in total. The van der Waals surface area contributed by atoms with E-state index in [1.165, 1.54) is 6.08 Å². The van der Waals surface area contributed by atoms with Crippen molar-refractivity contribution in [1.29, 1.82) is 0 Å². The lowest BCUT2D eigenvalue weighted by Gasteiger charge is -2.09. The molecule has 0 atom stereocenters. The highest BCUT2D eigenvalue weighted by Gasteiger charge is 2.13. The first kappa shape index (κ1) is 19.3. The first-order valence-electron chi connectivity index (χ1n) is 8.41. The third kappa shape index (κ3) is 4.62. The molecule has 7 heteroatoms. The van der Waals surface area contributed by atoms with Crippen molar-refractivity contribution in [3.63, 3.8) is 0 Å². The summed E-state index contributed by atoms with van der Waals surface area (Å²) in [4.78, 5) is 12.0. The number of nitrogens with zero attached hydrogens (tertiary/aromatic N) is 2. The van der Waals surface area contributed by atoms with Crippen LogP contribution < -0.4 is 5.32 Å². The number of carbonyl (C=O) groups excluding carboxylic acids is 1. The van der Waals surface area contributed by atoms with Gasteiger partial charge in [0.2, 0.25) is 5.91 Å². The van der Waals surface area contributed by atoms with Crippen LogP contribution in [0.5, 0.6) is 0 Å². The minimum atomic E-state index is -0.202. The summed E-state index contributed by atoms with van der Waals surface area (Å²) in [6.45, 7) is 4.66. The minimum Gasteiger partial charge on any atom is -0.467 e. The molecule has 0 fully saturated rings. The van der Waals surface area contributed by atoms with Gasteiger partial charge >= 0.3 is 0 Å². The summed E-state index contributed by atoms with van der Waals surface area (Å²) in [5.41, 5.74) is 3.47. The average Bonchev–Trinajstić information content (AvgIpc) is 3.24. The van der Waals surface area contributed by atoms with Crippen molar-refractivity contribution in [2.45, 2.75) is 26.9 Å². The Morgan fingerprint density at radius 3 is 2.63 bits per heavy atom. The third-order valence-corrected chi connectivity index (χ3v) is 4.93. The number of carbonyl (C=O) groups is 1. The van der Waals surface area contributed by atoms with Crippen LogP contribution in [0, 0.1) is 13.8 Å². The lowest BCUT2D eigenvalue weighted by molar-refractivity contribution is -0.116.